The maximum Gasteiger partial charge on any atom is 0.00668 e. The number of rotatable bonds is 12. The third-order valence-corrected chi connectivity index (χ3v) is 3.09. The van der Waals surface area contributed by atoms with Crippen molar-refractivity contribution in [1.82, 2.24) is 5.32 Å². The number of unbranched alkanes of at least 4 members (excludes halogenated alkanes) is 5. The minimum atomic E-state index is 0.767. The van der Waals surface area contributed by atoms with Gasteiger partial charge >= 0.3 is 0 Å². The molecule has 0 bridgehead atoms. The number of allylic oxidation sites excluding steroid dienone is 1. The first-order valence-electron chi connectivity index (χ1n) is 7.19. The summed E-state index contributed by atoms with van der Waals surface area (Å²) in [4.78, 5) is 0. The molecule has 0 aliphatic rings. The molecule has 0 aliphatic heterocycles. The van der Waals surface area contributed by atoms with Crippen LogP contribution in [0.4, 0.5) is 0 Å². The van der Waals surface area contributed by atoms with E-state index in [9.17, 15) is 0 Å². The molecule has 1 N–H and O–H groups in total. The third-order valence-electron chi connectivity index (χ3n) is 3.09. The van der Waals surface area contributed by atoms with Gasteiger partial charge in [-0.25, -0.2) is 0 Å². The summed E-state index contributed by atoms with van der Waals surface area (Å²) in [6.07, 6.45) is 14.1. The van der Waals surface area contributed by atoms with Gasteiger partial charge in [0.1, 0.15) is 0 Å². The molecule has 0 fully saturated rings. The molecule has 0 heterocycles. The fourth-order valence-electron chi connectivity index (χ4n) is 2.20. The Morgan fingerprint density at radius 2 is 1.69 bits per heavy atom. The molecule has 0 aromatic rings. The van der Waals surface area contributed by atoms with Crippen LogP contribution < -0.4 is 5.32 Å². The molecule has 0 rings (SSSR count). The van der Waals surface area contributed by atoms with Gasteiger partial charge in [-0.2, -0.15) is 0 Å². The maximum absolute atomic E-state index is 3.75. The molecule has 0 aromatic heterocycles. The van der Waals surface area contributed by atoms with Crippen LogP contribution in [0.2, 0.25) is 0 Å². The predicted octanol–water partition coefficient (Wildman–Crippen LogP) is 4.68. The van der Waals surface area contributed by atoms with Crippen LogP contribution in [0.1, 0.15) is 71.6 Å². The zero-order chi connectivity index (χ0) is 12.1. The Hall–Kier alpha value is -0.300. The summed E-state index contributed by atoms with van der Waals surface area (Å²) >= 11 is 0. The molecule has 0 amide bonds. The van der Waals surface area contributed by atoms with Crippen LogP contribution in [0, 0.1) is 0 Å². The summed E-state index contributed by atoms with van der Waals surface area (Å²) in [6.45, 7) is 9.35. The molecule has 1 atom stereocenters. The Morgan fingerprint density at radius 1 is 1.00 bits per heavy atom. The Bertz CT molecular complexity index is 136. The third kappa shape index (κ3) is 10.2. The molecule has 0 saturated heterocycles. The van der Waals surface area contributed by atoms with Gasteiger partial charge in [0, 0.05) is 6.04 Å². The van der Waals surface area contributed by atoms with Crippen molar-refractivity contribution in [2.45, 2.75) is 77.7 Å². The Labute approximate surface area is 103 Å². The van der Waals surface area contributed by atoms with Crippen molar-refractivity contribution in [2.75, 3.05) is 6.54 Å². The highest BCUT2D eigenvalue weighted by atomic mass is 14.9. The smallest absolute Gasteiger partial charge is 0.00668 e. The van der Waals surface area contributed by atoms with E-state index in [1.807, 2.05) is 6.08 Å². The van der Waals surface area contributed by atoms with Crippen molar-refractivity contribution < 1.29 is 0 Å². The number of hydrogen-bond acceptors (Lipinski definition) is 1. The fraction of sp³-hybridized carbons (Fsp3) is 0.867. The lowest BCUT2D eigenvalue weighted by Crippen LogP contribution is -2.28. The van der Waals surface area contributed by atoms with Crippen molar-refractivity contribution in [3.8, 4) is 0 Å². The van der Waals surface area contributed by atoms with E-state index in [1.54, 1.807) is 0 Å². The van der Waals surface area contributed by atoms with Crippen LogP contribution in [-0.2, 0) is 0 Å². The minimum absolute atomic E-state index is 0.767. The molecule has 16 heavy (non-hydrogen) atoms. The van der Waals surface area contributed by atoms with Gasteiger partial charge in [-0.1, -0.05) is 52.0 Å². The normalized spacial score (nSPS) is 12.6. The topological polar surface area (TPSA) is 12.0 Å². The van der Waals surface area contributed by atoms with Gasteiger partial charge in [-0.3, -0.25) is 0 Å². The molecule has 1 nitrogen and oxygen atoms in total. The Morgan fingerprint density at radius 3 is 2.31 bits per heavy atom. The molecule has 0 saturated carbocycles. The molecule has 0 aromatic carbocycles. The van der Waals surface area contributed by atoms with Crippen molar-refractivity contribution in [1.29, 1.82) is 0 Å². The van der Waals surface area contributed by atoms with Crippen molar-refractivity contribution in [2.24, 2.45) is 0 Å². The summed E-state index contributed by atoms with van der Waals surface area (Å²) in [5.41, 5.74) is 0. The van der Waals surface area contributed by atoms with Crippen LogP contribution in [0.3, 0.4) is 0 Å². The highest BCUT2D eigenvalue weighted by molar-refractivity contribution is 4.67. The van der Waals surface area contributed by atoms with E-state index in [0.717, 1.165) is 12.6 Å². The number of hydrogen-bond donors (Lipinski definition) is 1. The molecular formula is C15H31N. The minimum Gasteiger partial charge on any atom is -0.314 e. The Balaban J connectivity index is 3.28. The first-order chi connectivity index (χ1) is 7.85. The van der Waals surface area contributed by atoms with Gasteiger partial charge in [0.25, 0.3) is 0 Å². The standard InChI is InChI=1S/C15H31N/c1-4-7-8-9-10-11-12-14-15(13-5-2)16-6-3/h4,15-16H,1,5-14H2,2-3H3. The summed E-state index contributed by atoms with van der Waals surface area (Å²) in [7, 11) is 0. The van der Waals surface area contributed by atoms with Gasteiger partial charge < -0.3 is 5.32 Å². The van der Waals surface area contributed by atoms with Crippen molar-refractivity contribution in [3.63, 3.8) is 0 Å². The van der Waals surface area contributed by atoms with E-state index in [4.69, 9.17) is 0 Å². The van der Waals surface area contributed by atoms with Crippen LogP contribution in [-0.4, -0.2) is 12.6 Å². The second-order valence-electron chi connectivity index (χ2n) is 4.68. The van der Waals surface area contributed by atoms with Gasteiger partial charge in [0.05, 0.1) is 0 Å². The molecule has 0 aliphatic carbocycles. The van der Waals surface area contributed by atoms with Crippen LogP contribution in [0.15, 0.2) is 12.7 Å². The molecule has 0 spiro atoms. The number of nitrogens with one attached hydrogen (secondary N) is 1. The average Bonchev–Trinajstić information content (AvgIpc) is 2.28. The van der Waals surface area contributed by atoms with Gasteiger partial charge in [-0.15, -0.1) is 6.58 Å². The van der Waals surface area contributed by atoms with Gasteiger partial charge in [0.15, 0.2) is 0 Å². The van der Waals surface area contributed by atoms with Gasteiger partial charge in [-0.05, 0) is 32.2 Å². The molecular weight excluding hydrogens is 194 g/mol. The molecule has 1 unspecified atom stereocenters. The highest BCUT2D eigenvalue weighted by Crippen LogP contribution is 2.11. The monoisotopic (exact) mass is 225 g/mol. The zero-order valence-electron chi connectivity index (χ0n) is 11.4. The summed E-state index contributed by atoms with van der Waals surface area (Å²) < 4.78 is 0. The quantitative estimate of drug-likeness (QED) is 0.375. The molecule has 96 valence electrons. The van der Waals surface area contributed by atoms with E-state index in [-0.39, 0.29) is 0 Å². The molecule has 1 heteroatoms. The second-order valence-corrected chi connectivity index (χ2v) is 4.68. The van der Waals surface area contributed by atoms with Crippen LogP contribution in [0.5, 0.6) is 0 Å². The van der Waals surface area contributed by atoms with Crippen molar-refractivity contribution >= 4 is 0 Å². The van der Waals surface area contributed by atoms with E-state index >= 15 is 0 Å². The van der Waals surface area contributed by atoms with Crippen molar-refractivity contribution in [3.05, 3.63) is 12.7 Å². The Kier molecular flexibility index (Phi) is 12.5. The lowest BCUT2D eigenvalue weighted by Gasteiger charge is -2.16. The fourth-order valence-corrected chi connectivity index (χ4v) is 2.20. The van der Waals surface area contributed by atoms with E-state index in [0.29, 0.717) is 0 Å². The van der Waals surface area contributed by atoms with Crippen LogP contribution in [0.25, 0.3) is 0 Å². The van der Waals surface area contributed by atoms with Crippen LogP contribution >= 0.6 is 0 Å². The lowest BCUT2D eigenvalue weighted by atomic mass is 10.0. The summed E-state index contributed by atoms with van der Waals surface area (Å²) in [6, 6.07) is 0.767. The largest absolute Gasteiger partial charge is 0.314 e. The second kappa shape index (κ2) is 12.8. The first kappa shape index (κ1) is 15.7. The molecule has 0 radical (unpaired) electrons. The zero-order valence-corrected chi connectivity index (χ0v) is 11.4. The average molecular weight is 225 g/mol. The van der Waals surface area contributed by atoms with E-state index in [1.165, 1.54) is 57.8 Å². The predicted molar refractivity (Wildman–Crippen MR) is 74.9 cm³/mol. The summed E-state index contributed by atoms with van der Waals surface area (Å²) in [5.74, 6) is 0. The first-order valence-corrected chi connectivity index (χ1v) is 7.19. The maximum atomic E-state index is 3.75. The lowest BCUT2D eigenvalue weighted by molar-refractivity contribution is 0.435. The SMILES string of the molecule is C=CCCCCCCCC(CCC)NCC. The van der Waals surface area contributed by atoms with E-state index in [2.05, 4.69) is 25.7 Å². The van der Waals surface area contributed by atoms with Gasteiger partial charge in [0.2, 0.25) is 0 Å². The highest BCUT2D eigenvalue weighted by Gasteiger charge is 2.04. The van der Waals surface area contributed by atoms with E-state index < -0.39 is 0 Å². The summed E-state index contributed by atoms with van der Waals surface area (Å²) in [5, 5.41) is 3.58.